The Morgan fingerprint density at radius 1 is 1.39 bits per heavy atom. The van der Waals surface area contributed by atoms with Crippen molar-refractivity contribution < 1.29 is 4.92 Å². The molecule has 0 spiro atoms. The van der Waals surface area contributed by atoms with Gasteiger partial charge in [-0.3, -0.25) is 14.8 Å². The van der Waals surface area contributed by atoms with Crippen molar-refractivity contribution in [1.29, 1.82) is 0 Å². The van der Waals surface area contributed by atoms with Crippen molar-refractivity contribution in [3.05, 3.63) is 63.4 Å². The second kappa shape index (κ2) is 5.18. The highest BCUT2D eigenvalue weighted by molar-refractivity contribution is 6.31. The van der Waals surface area contributed by atoms with Crippen LogP contribution in [0.2, 0.25) is 5.02 Å². The molecule has 1 aromatic heterocycles. The minimum absolute atomic E-state index is 0.324. The molecular weight excluding hydrogens is 254 g/mol. The fraction of sp³-hybridized carbons (Fsp3) is 0.250. The molecule has 5 nitrogen and oxygen atoms in total. The summed E-state index contributed by atoms with van der Waals surface area (Å²) in [6.07, 6.45) is 3.30. The molecule has 94 valence electrons. The molecule has 0 N–H and O–H groups in total. The summed E-state index contributed by atoms with van der Waals surface area (Å²) in [7, 11) is 0. The topological polar surface area (TPSA) is 61.0 Å². The van der Waals surface area contributed by atoms with Gasteiger partial charge in [-0.1, -0.05) is 29.8 Å². The molecule has 1 heterocycles. The first-order chi connectivity index (χ1) is 8.61. The van der Waals surface area contributed by atoms with Crippen molar-refractivity contribution in [3.63, 3.8) is 0 Å². The summed E-state index contributed by atoms with van der Waals surface area (Å²) in [6, 6.07) is 7.52. The van der Waals surface area contributed by atoms with Crippen LogP contribution >= 0.6 is 11.6 Å². The number of benzene rings is 1. The fourth-order valence-electron chi connectivity index (χ4n) is 1.90. The Morgan fingerprint density at radius 3 is 2.67 bits per heavy atom. The second-order valence-electron chi connectivity index (χ2n) is 3.98. The van der Waals surface area contributed by atoms with Gasteiger partial charge in [0.15, 0.2) is 0 Å². The summed E-state index contributed by atoms with van der Waals surface area (Å²) in [5.41, 5.74) is 0.701. The van der Waals surface area contributed by atoms with Gasteiger partial charge in [0.1, 0.15) is 6.04 Å². The normalized spacial score (nSPS) is 14.1. The maximum atomic E-state index is 11.0. The van der Waals surface area contributed by atoms with Crippen LogP contribution in [0.1, 0.15) is 18.5 Å². The van der Waals surface area contributed by atoms with E-state index in [1.807, 2.05) is 6.07 Å². The first kappa shape index (κ1) is 12.6. The van der Waals surface area contributed by atoms with Crippen LogP contribution in [0.4, 0.5) is 0 Å². The van der Waals surface area contributed by atoms with Crippen molar-refractivity contribution in [2.45, 2.75) is 19.0 Å². The monoisotopic (exact) mass is 265 g/mol. The largest absolute Gasteiger partial charge is 0.264 e. The van der Waals surface area contributed by atoms with E-state index in [0.29, 0.717) is 10.6 Å². The van der Waals surface area contributed by atoms with Gasteiger partial charge in [0.25, 0.3) is 0 Å². The molecule has 2 rings (SSSR count). The number of halogens is 1. The molecule has 0 aliphatic rings. The van der Waals surface area contributed by atoms with E-state index < -0.39 is 12.1 Å². The highest BCUT2D eigenvalue weighted by atomic mass is 35.5. The Kier molecular flexibility index (Phi) is 3.62. The summed E-state index contributed by atoms with van der Waals surface area (Å²) < 4.78 is 1.56. The van der Waals surface area contributed by atoms with Crippen LogP contribution in [0.25, 0.3) is 0 Å². The first-order valence-electron chi connectivity index (χ1n) is 5.48. The van der Waals surface area contributed by atoms with Gasteiger partial charge in [-0.15, -0.1) is 0 Å². The zero-order chi connectivity index (χ0) is 13.1. The number of hydrogen-bond donors (Lipinski definition) is 0. The van der Waals surface area contributed by atoms with E-state index in [0.717, 1.165) is 0 Å². The Labute approximate surface area is 109 Å². The molecule has 0 aliphatic heterocycles. The number of nitrogens with zero attached hydrogens (tertiary/aromatic N) is 3. The molecule has 0 radical (unpaired) electrons. The SMILES string of the molecule is C[C@H]([C@@H](c1ccccc1Cl)n1cccn1)[N+](=O)[O-]. The van der Waals surface area contributed by atoms with Crippen molar-refractivity contribution >= 4 is 11.6 Å². The van der Waals surface area contributed by atoms with Crippen molar-refractivity contribution in [1.82, 2.24) is 9.78 Å². The fourth-order valence-corrected chi connectivity index (χ4v) is 2.15. The van der Waals surface area contributed by atoms with Gasteiger partial charge in [0, 0.05) is 34.8 Å². The molecule has 2 atom stereocenters. The summed E-state index contributed by atoms with van der Waals surface area (Å²) >= 11 is 6.12. The van der Waals surface area contributed by atoms with E-state index in [1.54, 1.807) is 48.3 Å². The van der Waals surface area contributed by atoms with Gasteiger partial charge in [0.05, 0.1) is 0 Å². The predicted molar refractivity (Wildman–Crippen MR) is 68.3 cm³/mol. The average molecular weight is 266 g/mol. The molecule has 0 fully saturated rings. The molecule has 1 aromatic carbocycles. The standard InChI is InChI=1S/C12H12ClN3O2/c1-9(16(17)18)12(15-8-4-7-14-15)10-5-2-3-6-11(10)13/h2-9,12H,1H3/t9-,12+/m1/s1. The lowest BCUT2D eigenvalue weighted by Crippen LogP contribution is -2.30. The molecule has 0 amide bonds. The number of rotatable bonds is 4. The Hall–Kier alpha value is -1.88. The molecule has 6 heteroatoms. The molecule has 18 heavy (non-hydrogen) atoms. The maximum absolute atomic E-state index is 11.0. The maximum Gasteiger partial charge on any atom is 0.236 e. The van der Waals surface area contributed by atoms with Crippen molar-refractivity contribution in [2.75, 3.05) is 0 Å². The van der Waals surface area contributed by atoms with Gasteiger partial charge in [-0.2, -0.15) is 5.10 Å². The van der Waals surface area contributed by atoms with Crippen LogP contribution in [0, 0.1) is 10.1 Å². The highest BCUT2D eigenvalue weighted by Crippen LogP contribution is 2.29. The minimum atomic E-state index is -0.815. The zero-order valence-electron chi connectivity index (χ0n) is 9.73. The van der Waals surface area contributed by atoms with Crippen molar-refractivity contribution in [3.8, 4) is 0 Å². The molecule has 2 aromatic rings. The van der Waals surface area contributed by atoms with Crippen LogP contribution in [0.5, 0.6) is 0 Å². The molecular formula is C12H12ClN3O2. The van der Waals surface area contributed by atoms with E-state index in [9.17, 15) is 10.1 Å². The third-order valence-electron chi connectivity index (χ3n) is 2.82. The summed E-state index contributed by atoms with van der Waals surface area (Å²) in [5.74, 6) is 0. The van der Waals surface area contributed by atoms with Crippen LogP contribution in [0.15, 0.2) is 42.7 Å². The van der Waals surface area contributed by atoms with Gasteiger partial charge in [-0.25, -0.2) is 0 Å². The van der Waals surface area contributed by atoms with E-state index in [1.165, 1.54) is 0 Å². The molecule has 0 saturated heterocycles. The lowest BCUT2D eigenvalue weighted by atomic mass is 10.0. The lowest BCUT2D eigenvalue weighted by Gasteiger charge is -2.20. The minimum Gasteiger partial charge on any atom is -0.264 e. The first-order valence-corrected chi connectivity index (χ1v) is 5.86. The average Bonchev–Trinajstić information content (AvgIpc) is 2.85. The zero-order valence-corrected chi connectivity index (χ0v) is 10.5. The number of nitro groups is 1. The van der Waals surface area contributed by atoms with Gasteiger partial charge >= 0.3 is 0 Å². The van der Waals surface area contributed by atoms with E-state index in [4.69, 9.17) is 11.6 Å². The van der Waals surface area contributed by atoms with E-state index >= 15 is 0 Å². The lowest BCUT2D eigenvalue weighted by molar-refractivity contribution is -0.523. The molecule has 0 saturated carbocycles. The Balaban J connectivity index is 2.50. The summed E-state index contributed by atoms with van der Waals surface area (Å²) in [6.45, 7) is 1.55. The molecule has 0 aliphatic carbocycles. The van der Waals surface area contributed by atoms with Crippen LogP contribution in [0.3, 0.4) is 0 Å². The van der Waals surface area contributed by atoms with Gasteiger partial charge in [0.2, 0.25) is 6.04 Å². The van der Waals surface area contributed by atoms with Gasteiger partial charge in [-0.05, 0) is 12.1 Å². The molecule has 0 bridgehead atoms. The quantitative estimate of drug-likeness (QED) is 0.631. The number of hydrogen-bond acceptors (Lipinski definition) is 3. The predicted octanol–water partition coefficient (Wildman–Crippen LogP) is 2.79. The van der Waals surface area contributed by atoms with Gasteiger partial charge < -0.3 is 0 Å². The third-order valence-corrected chi connectivity index (χ3v) is 3.17. The molecule has 0 unspecified atom stereocenters. The third kappa shape index (κ3) is 2.36. The Morgan fingerprint density at radius 2 is 2.11 bits per heavy atom. The highest BCUT2D eigenvalue weighted by Gasteiger charge is 2.31. The summed E-state index contributed by atoms with van der Waals surface area (Å²) in [4.78, 5) is 10.7. The summed E-state index contributed by atoms with van der Waals surface area (Å²) in [5, 5.41) is 15.6. The second-order valence-corrected chi connectivity index (χ2v) is 4.39. The van der Waals surface area contributed by atoms with Crippen molar-refractivity contribution in [2.24, 2.45) is 0 Å². The van der Waals surface area contributed by atoms with E-state index in [2.05, 4.69) is 5.10 Å². The number of aromatic nitrogens is 2. The van der Waals surface area contributed by atoms with Crippen LogP contribution in [-0.4, -0.2) is 20.7 Å². The van der Waals surface area contributed by atoms with E-state index in [-0.39, 0.29) is 4.92 Å². The van der Waals surface area contributed by atoms with Crippen LogP contribution in [-0.2, 0) is 0 Å². The van der Waals surface area contributed by atoms with Crippen LogP contribution < -0.4 is 0 Å². The Bertz CT molecular complexity index is 542. The smallest absolute Gasteiger partial charge is 0.236 e.